The van der Waals surface area contributed by atoms with Crippen molar-refractivity contribution in [3.8, 4) is 5.75 Å². The zero-order chi connectivity index (χ0) is 11.1. The fourth-order valence-corrected chi connectivity index (χ4v) is 1.22. The van der Waals surface area contributed by atoms with Gasteiger partial charge in [0.25, 0.3) is 0 Å². The van der Waals surface area contributed by atoms with Crippen molar-refractivity contribution < 1.29 is 14.6 Å². The maximum absolute atomic E-state index is 11.4. The number of aliphatic hydroxyl groups excluding tert-OH is 1. The molecule has 1 aromatic carbocycles. The lowest BCUT2D eigenvalue weighted by Crippen LogP contribution is -2.01. The largest absolute Gasteiger partial charge is 0.493 e. The molecule has 3 heteroatoms. The average Bonchev–Trinajstić information content (AvgIpc) is 2.29. The zero-order valence-electron chi connectivity index (χ0n) is 8.90. The van der Waals surface area contributed by atoms with Gasteiger partial charge in [-0.2, -0.15) is 0 Å². The minimum atomic E-state index is 0.114. The van der Waals surface area contributed by atoms with Crippen LogP contribution in [0.2, 0.25) is 0 Å². The van der Waals surface area contributed by atoms with E-state index in [0.717, 1.165) is 0 Å². The third-order valence-corrected chi connectivity index (χ3v) is 2.05. The Labute approximate surface area is 89.7 Å². The summed E-state index contributed by atoms with van der Waals surface area (Å²) >= 11 is 0. The molecule has 0 aliphatic heterocycles. The van der Waals surface area contributed by atoms with Crippen LogP contribution in [0.1, 0.15) is 30.1 Å². The molecule has 82 valence electrons. The van der Waals surface area contributed by atoms with E-state index in [4.69, 9.17) is 9.84 Å². The van der Waals surface area contributed by atoms with Crippen LogP contribution < -0.4 is 4.74 Å². The number of aliphatic hydroxyl groups is 1. The summed E-state index contributed by atoms with van der Waals surface area (Å²) in [5.41, 5.74) is 0.680. The van der Waals surface area contributed by atoms with Crippen molar-refractivity contribution in [2.75, 3.05) is 13.2 Å². The number of Topliss-reactive ketones (excluding diaryl/α,β-unsaturated/α-hetero) is 1. The number of ketones is 1. The third-order valence-electron chi connectivity index (χ3n) is 2.05. The molecular weight excluding hydrogens is 192 g/mol. The monoisotopic (exact) mass is 208 g/mol. The quantitative estimate of drug-likeness (QED) is 0.575. The highest BCUT2D eigenvalue weighted by Gasteiger charge is 2.03. The number of hydrogen-bond donors (Lipinski definition) is 1. The third kappa shape index (κ3) is 3.72. The van der Waals surface area contributed by atoms with E-state index >= 15 is 0 Å². The molecule has 1 N–H and O–H groups in total. The number of carbonyl (C=O) groups is 1. The van der Waals surface area contributed by atoms with Gasteiger partial charge in [0.1, 0.15) is 5.75 Å². The number of hydrogen-bond acceptors (Lipinski definition) is 3. The minimum Gasteiger partial charge on any atom is -0.493 e. The normalized spacial score (nSPS) is 10.0. The fourth-order valence-electron chi connectivity index (χ4n) is 1.22. The summed E-state index contributed by atoms with van der Waals surface area (Å²) < 4.78 is 5.37. The van der Waals surface area contributed by atoms with Crippen molar-refractivity contribution in [1.82, 2.24) is 0 Å². The van der Waals surface area contributed by atoms with Crippen molar-refractivity contribution in [2.24, 2.45) is 0 Å². The molecule has 1 aromatic rings. The van der Waals surface area contributed by atoms with Crippen molar-refractivity contribution in [3.05, 3.63) is 29.8 Å². The zero-order valence-corrected chi connectivity index (χ0v) is 8.90. The van der Waals surface area contributed by atoms with Gasteiger partial charge in [-0.25, -0.2) is 0 Å². The molecule has 0 heterocycles. The highest BCUT2D eigenvalue weighted by Crippen LogP contribution is 2.14. The van der Waals surface area contributed by atoms with E-state index < -0.39 is 0 Å². The van der Waals surface area contributed by atoms with Crippen LogP contribution >= 0.6 is 0 Å². The van der Waals surface area contributed by atoms with E-state index in [0.29, 0.717) is 30.8 Å². The molecule has 0 amide bonds. The van der Waals surface area contributed by atoms with Gasteiger partial charge in [-0.15, -0.1) is 0 Å². The van der Waals surface area contributed by atoms with Crippen LogP contribution in [0.5, 0.6) is 5.75 Å². The van der Waals surface area contributed by atoms with Crippen LogP contribution in [-0.2, 0) is 0 Å². The molecule has 3 nitrogen and oxygen atoms in total. The summed E-state index contributed by atoms with van der Waals surface area (Å²) in [6, 6.07) is 7.13. The molecule has 0 saturated heterocycles. The molecule has 15 heavy (non-hydrogen) atoms. The lowest BCUT2D eigenvalue weighted by molar-refractivity contribution is 0.0987. The predicted octanol–water partition coefficient (Wildman–Crippen LogP) is 2.04. The highest BCUT2D eigenvalue weighted by atomic mass is 16.5. The van der Waals surface area contributed by atoms with Crippen molar-refractivity contribution in [1.29, 1.82) is 0 Å². The molecule has 0 atom stereocenters. The molecule has 1 rings (SSSR count). The second-order valence-corrected chi connectivity index (χ2v) is 3.23. The van der Waals surface area contributed by atoms with E-state index in [1.165, 1.54) is 0 Å². The first-order valence-corrected chi connectivity index (χ1v) is 5.15. The summed E-state index contributed by atoms with van der Waals surface area (Å²) in [6.07, 6.45) is 1.10. The van der Waals surface area contributed by atoms with Crippen molar-refractivity contribution in [3.63, 3.8) is 0 Å². The van der Waals surface area contributed by atoms with Crippen LogP contribution in [0.4, 0.5) is 0 Å². The molecular formula is C12H16O3. The van der Waals surface area contributed by atoms with Gasteiger partial charge in [0.2, 0.25) is 0 Å². The predicted molar refractivity (Wildman–Crippen MR) is 58.3 cm³/mol. The van der Waals surface area contributed by atoms with Gasteiger partial charge in [-0.3, -0.25) is 4.79 Å². The number of benzene rings is 1. The van der Waals surface area contributed by atoms with Crippen LogP contribution in [0, 0.1) is 0 Å². The molecule has 0 aromatic heterocycles. The Balaban J connectivity index is 2.62. The van der Waals surface area contributed by atoms with E-state index in [2.05, 4.69) is 0 Å². The number of ether oxygens (including phenoxy) is 1. The van der Waals surface area contributed by atoms with Gasteiger partial charge in [-0.05, 0) is 12.1 Å². The molecule has 0 radical (unpaired) electrons. The van der Waals surface area contributed by atoms with Gasteiger partial charge < -0.3 is 9.84 Å². The van der Waals surface area contributed by atoms with Gasteiger partial charge in [0, 0.05) is 25.0 Å². The first kappa shape index (κ1) is 11.7. The summed E-state index contributed by atoms with van der Waals surface area (Å²) in [5.74, 6) is 0.797. The number of carbonyl (C=O) groups excluding carboxylic acids is 1. The van der Waals surface area contributed by atoms with Crippen LogP contribution in [0.3, 0.4) is 0 Å². The Bertz CT molecular complexity index is 320. The maximum Gasteiger partial charge on any atom is 0.162 e. The summed E-state index contributed by atoms with van der Waals surface area (Å²) in [6.45, 7) is 2.43. The first-order chi connectivity index (χ1) is 7.27. The Kier molecular flexibility index (Phi) is 4.84. The Morgan fingerprint density at radius 2 is 2.27 bits per heavy atom. The van der Waals surface area contributed by atoms with Crippen LogP contribution in [0.25, 0.3) is 0 Å². The molecule has 0 aliphatic rings. The Hall–Kier alpha value is -1.35. The Morgan fingerprint density at radius 1 is 1.47 bits per heavy atom. The second-order valence-electron chi connectivity index (χ2n) is 3.23. The van der Waals surface area contributed by atoms with Crippen molar-refractivity contribution >= 4 is 5.78 Å². The van der Waals surface area contributed by atoms with Crippen molar-refractivity contribution in [2.45, 2.75) is 19.8 Å². The van der Waals surface area contributed by atoms with E-state index in [9.17, 15) is 4.79 Å². The summed E-state index contributed by atoms with van der Waals surface area (Å²) in [4.78, 5) is 11.4. The van der Waals surface area contributed by atoms with E-state index in [1.807, 2.05) is 13.0 Å². The van der Waals surface area contributed by atoms with E-state index in [1.54, 1.807) is 18.2 Å². The molecule has 0 fully saturated rings. The summed E-state index contributed by atoms with van der Waals surface area (Å²) in [7, 11) is 0. The van der Waals surface area contributed by atoms with Gasteiger partial charge in [0.05, 0.1) is 6.61 Å². The minimum absolute atomic E-state index is 0.114. The average molecular weight is 208 g/mol. The highest BCUT2D eigenvalue weighted by molar-refractivity contribution is 5.96. The number of rotatable bonds is 6. The maximum atomic E-state index is 11.4. The lowest BCUT2D eigenvalue weighted by atomic mass is 10.1. The van der Waals surface area contributed by atoms with Crippen LogP contribution in [0.15, 0.2) is 24.3 Å². The second kappa shape index (κ2) is 6.19. The fraction of sp³-hybridized carbons (Fsp3) is 0.417. The topological polar surface area (TPSA) is 46.5 Å². The van der Waals surface area contributed by atoms with Gasteiger partial charge >= 0.3 is 0 Å². The molecule has 0 spiro atoms. The Morgan fingerprint density at radius 3 is 2.93 bits per heavy atom. The molecule has 0 aliphatic carbocycles. The smallest absolute Gasteiger partial charge is 0.162 e. The standard InChI is InChI=1S/C12H16O3/c1-2-12(14)10-5-3-6-11(9-10)15-8-4-7-13/h3,5-6,9,13H,2,4,7-8H2,1H3. The summed E-state index contributed by atoms with van der Waals surface area (Å²) in [5, 5.41) is 8.59. The van der Waals surface area contributed by atoms with Gasteiger partial charge in [0.15, 0.2) is 5.78 Å². The van der Waals surface area contributed by atoms with Crippen LogP contribution in [-0.4, -0.2) is 24.1 Å². The van der Waals surface area contributed by atoms with E-state index in [-0.39, 0.29) is 12.4 Å². The molecule has 0 unspecified atom stereocenters. The van der Waals surface area contributed by atoms with Gasteiger partial charge in [-0.1, -0.05) is 19.1 Å². The SMILES string of the molecule is CCC(=O)c1cccc(OCCCO)c1. The molecule has 0 saturated carbocycles. The molecule has 0 bridgehead atoms. The lowest BCUT2D eigenvalue weighted by Gasteiger charge is -2.06. The first-order valence-electron chi connectivity index (χ1n) is 5.15.